The second kappa shape index (κ2) is 8.20. The number of aryl methyl sites for hydroxylation is 3. The second-order valence-corrected chi connectivity index (χ2v) is 8.21. The van der Waals surface area contributed by atoms with Crippen LogP contribution in [0.25, 0.3) is 5.69 Å². The van der Waals surface area contributed by atoms with Crippen molar-refractivity contribution in [3.05, 3.63) is 51.8 Å². The number of esters is 1. The van der Waals surface area contributed by atoms with Crippen molar-refractivity contribution < 1.29 is 14.3 Å². The van der Waals surface area contributed by atoms with Gasteiger partial charge in [0.25, 0.3) is 0 Å². The molecule has 152 valence electrons. The Hall–Kier alpha value is -2.94. The summed E-state index contributed by atoms with van der Waals surface area (Å²) in [5.74, 6) is -0.601. The Morgan fingerprint density at radius 2 is 1.93 bits per heavy atom. The van der Waals surface area contributed by atoms with E-state index in [1.807, 2.05) is 32.0 Å². The molecule has 0 amide bonds. The number of hydrogen-bond donors (Lipinski definition) is 1. The number of aromatic nitrogens is 5. The standard InChI is InChI=1S/C20H23N5O3S/c1-10-7-8-11(2)15(9-10)25-20(22-23-24-25)29-14(5)18(26)17-12(3)16(13(4)21-17)19(27)28-6/h7-9,14,21H,1-6H3/t14-/m0/s1. The maximum atomic E-state index is 13.1. The van der Waals surface area contributed by atoms with E-state index in [-0.39, 0.29) is 5.78 Å². The average molecular weight is 414 g/mol. The average Bonchev–Trinajstić information content (AvgIpc) is 3.26. The summed E-state index contributed by atoms with van der Waals surface area (Å²) in [5, 5.41) is 12.0. The minimum atomic E-state index is -0.466. The lowest BCUT2D eigenvalue weighted by Gasteiger charge is -2.12. The van der Waals surface area contributed by atoms with Gasteiger partial charge < -0.3 is 9.72 Å². The van der Waals surface area contributed by atoms with Crippen molar-refractivity contribution in [2.75, 3.05) is 7.11 Å². The van der Waals surface area contributed by atoms with Crippen LogP contribution in [0.1, 0.15) is 50.2 Å². The van der Waals surface area contributed by atoms with Crippen molar-refractivity contribution in [3.8, 4) is 5.69 Å². The smallest absolute Gasteiger partial charge is 0.339 e. The number of thioether (sulfide) groups is 1. The molecule has 3 aromatic rings. The van der Waals surface area contributed by atoms with E-state index < -0.39 is 11.2 Å². The lowest BCUT2D eigenvalue weighted by molar-refractivity contribution is 0.0599. The number of tetrazole rings is 1. The molecule has 2 heterocycles. The molecular formula is C20H23N5O3S. The van der Waals surface area contributed by atoms with Gasteiger partial charge in [0, 0.05) is 5.69 Å². The van der Waals surface area contributed by atoms with Crippen LogP contribution in [0, 0.1) is 27.7 Å². The van der Waals surface area contributed by atoms with Crippen molar-refractivity contribution in [2.24, 2.45) is 0 Å². The molecule has 29 heavy (non-hydrogen) atoms. The third-order valence-electron chi connectivity index (χ3n) is 4.76. The molecular weight excluding hydrogens is 390 g/mol. The van der Waals surface area contributed by atoms with Crippen LogP contribution in [0.4, 0.5) is 0 Å². The molecule has 0 aliphatic rings. The summed E-state index contributed by atoms with van der Waals surface area (Å²) >= 11 is 1.27. The molecule has 0 radical (unpaired) electrons. The molecule has 3 rings (SSSR count). The fourth-order valence-electron chi connectivity index (χ4n) is 3.17. The molecule has 8 nitrogen and oxygen atoms in total. The normalized spacial score (nSPS) is 12.1. The Labute approximate surface area is 173 Å². The third-order valence-corrected chi connectivity index (χ3v) is 5.79. The number of rotatable bonds is 6. The van der Waals surface area contributed by atoms with E-state index in [9.17, 15) is 9.59 Å². The predicted molar refractivity (Wildman–Crippen MR) is 110 cm³/mol. The molecule has 0 saturated carbocycles. The van der Waals surface area contributed by atoms with E-state index in [0.717, 1.165) is 16.8 Å². The van der Waals surface area contributed by atoms with E-state index in [4.69, 9.17) is 4.74 Å². The van der Waals surface area contributed by atoms with Crippen LogP contribution in [0.3, 0.4) is 0 Å². The molecule has 0 fully saturated rings. The first-order chi connectivity index (χ1) is 13.7. The zero-order chi connectivity index (χ0) is 21.3. The summed E-state index contributed by atoms with van der Waals surface area (Å²) in [7, 11) is 1.32. The van der Waals surface area contributed by atoms with Crippen LogP contribution in [0.2, 0.25) is 0 Å². The van der Waals surface area contributed by atoms with Gasteiger partial charge in [-0.05, 0) is 67.8 Å². The zero-order valence-electron chi connectivity index (χ0n) is 17.2. The van der Waals surface area contributed by atoms with Crippen molar-refractivity contribution >= 4 is 23.5 Å². The number of aromatic amines is 1. The lowest BCUT2D eigenvalue weighted by Crippen LogP contribution is -2.16. The number of benzene rings is 1. The summed E-state index contributed by atoms with van der Waals surface area (Å²) in [4.78, 5) is 28.1. The first-order valence-electron chi connectivity index (χ1n) is 9.09. The van der Waals surface area contributed by atoms with Crippen LogP contribution in [-0.4, -0.2) is 49.3 Å². The van der Waals surface area contributed by atoms with Crippen molar-refractivity contribution in [2.45, 2.75) is 45.0 Å². The van der Waals surface area contributed by atoms with E-state index in [1.165, 1.54) is 18.9 Å². The number of Topliss-reactive ketones (excluding diaryl/α,β-unsaturated/α-hetero) is 1. The maximum absolute atomic E-state index is 13.1. The van der Waals surface area contributed by atoms with E-state index in [0.29, 0.717) is 27.7 Å². The summed E-state index contributed by atoms with van der Waals surface area (Å²) < 4.78 is 6.46. The van der Waals surface area contributed by atoms with Crippen LogP contribution >= 0.6 is 11.8 Å². The Morgan fingerprint density at radius 1 is 1.21 bits per heavy atom. The van der Waals surface area contributed by atoms with Gasteiger partial charge in [0.2, 0.25) is 5.16 Å². The molecule has 1 aromatic carbocycles. The van der Waals surface area contributed by atoms with E-state index in [2.05, 4.69) is 20.5 Å². The lowest BCUT2D eigenvalue weighted by atomic mass is 10.1. The predicted octanol–water partition coefficient (Wildman–Crippen LogP) is 3.37. The minimum absolute atomic E-state index is 0.138. The molecule has 1 atom stereocenters. The van der Waals surface area contributed by atoms with Crippen LogP contribution in [0.5, 0.6) is 0 Å². The van der Waals surface area contributed by atoms with Crippen molar-refractivity contribution in [1.82, 2.24) is 25.2 Å². The Balaban J connectivity index is 1.88. The van der Waals surface area contributed by atoms with E-state index >= 15 is 0 Å². The second-order valence-electron chi connectivity index (χ2n) is 6.90. The molecule has 9 heteroatoms. The first-order valence-corrected chi connectivity index (χ1v) is 9.96. The summed E-state index contributed by atoms with van der Waals surface area (Å²) in [5.41, 5.74) is 4.98. The largest absolute Gasteiger partial charge is 0.465 e. The number of hydrogen-bond acceptors (Lipinski definition) is 7. The number of nitrogens with zero attached hydrogens (tertiary/aromatic N) is 4. The van der Waals surface area contributed by atoms with Gasteiger partial charge in [-0.3, -0.25) is 4.79 Å². The summed E-state index contributed by atoms with van der Waals surface area (Å²) in [6, 6.07) is 6.04. The number of nitrogens with one attached hydrogen (secondary N) is 1. The highest BCUT2D eigenvalue weighted by Gasteiger charge is 2.27. The molecule has 1 N–H and O–H groups in total. The van der Waals surface area contributed by atoms with Gasteiger partial charge in [-0.2, -0.15) is 4.68 Å². The number of H-pyrrole nitrogens is 1. The zero-order valence-corrected chi connectivity index (χ0v) is 18.0. The fraction of sp³-hybridized carbons (Fsp3) is 0.350. The Morgan fingerprint density at radius 3 is 2.62 bits per heavy atom. The van der Waals surface area contributed by atoms with E-state index in [1.54, 1.807) is 25.5 Å². The van der Waals surface area contributed by atoms with Crippen LogP contribution < -0.4 is 0 Å². The minimum Gasteiger partial charge on any atom is -0.465 e. The quantitative estimate of drug-likeness (QED) is 0.375. The first kappa shape index (κ1) is 20.8. The summed E-state index contributed by atoms with van der Waals surface area (Å²) in [6.07, 6.45) is 0. The molecule has 0 saturated heterocycles. The van der Waals surface area contributed by atoms with Gasteiger partial charge in [-0.15, -0.1) is 5.10 Å². The number of carbonyl (C=O) groups is 2. The van der Waals surface area contributed by atoms with Gasteiger partial charge in [0.15, 0.2) is 5.78 Å². The third kappa shape index (κ3) is 3.95. The molecule has 0 aliphatic carbocycles. The van der Waals surface area contributed by atoms with Crippen molar-refractivity contribution in [1.29, 1.82) is 0 Å². The van der Waals surface area contributed by atoms with Crippen LogP contribution in [-0.2, 0) is 4.74 Å². The summed E-state index contributed by atoms with van der Waals surface area (Å²) in [6.45, 7) is 9.26. The van der Waals surface area contributed by atoms with Gasteiger partial charge in [0.1, 0.15) is 0 Å². The van der Waals surface area contributed by atoms with Gasteiger partial charge in [-0.25, -0.2) is 4.79 Å². The number of ketones is 1. The topological polar surface area (TPSA) is 103 Å². The highest BCUT2D eigenvalue weighted by Crippen LogP contribution is 2.28. The number of carbonyl (C=O) groups excluding carboxylic acids is 2. The Kier molecular flexibility index (Phi) is 5.88. The fourth-order valence-corrected chi connectivity index (χ4v) is 4.03. The molecule has 0 aliphatic heterocycles. The molecule has 2 aromatic heterocycles. The Bertz CT molecular complexity index is 1090. The number of methoxy groups -OCH3 is 1. The number of ether oxygens (including phenoxy) is 1. The van der Waals surface area contributed by atoms with Crippen LogP contribution in [0.15, 0.2) is 23.4 Å². The van der Waals surface area contributed by atoms with Gasteiger partial charge in [-0.1, -0.05) is 23.9 Å². The highest BCUT2D eigenvalue weighted by molar-refractivity contribution is 8.00. The maximum Gasteiger partial charge on any atom is 0.339 e. The van der Waals surface area contributed by atoms with Gasteiger partial charge >= 0.3 is 5.97 Å². The van der Waals surface area contributed by atoms with Gasteiger partial charge in [0.05, 0.1) is 29.3 Å². The highest BCUT2D eigenvalue weighted by atomic mass is 32.2. The SMILES string of the molecule is COC(=O)c1c(C)[nH]c(C(=O)[C@H](C)Sc2nnnn2-c2cc(C)ccc2C)c1C. The molecule has 0 bridgehead atoms. The van der Waals surface area contributed by atoms with Crippen molar-refractivity contribution in [3.63, 3.8) is 0 Å². The molecule has 0 spiro atoms. The monoisotopic (exact) mass is 413 g/mol. The molecule has 0 unspecified atom stereocenters.